The first-order valence-corrected chi connectivity index (χ1v) is 8.62. The number of H-pyrrole nitrogens is 1. The molecule has 5 N–H and O–H groups in total. The van der Waals surface area contributed by atoms with Crippen molar-refractivity contribution in [3.05, 3.63) is 40.2 Å². The molecule has 2 aromatic rings. The maximum atomic E-state index is 12.4. The van der Waals surface area contributed by atoms with Crippen molar-refractivity contribution in [2.75, 3.05) is 4.90 Å². The minimum Gasteiger partial charge on any atom is -0.369 e. The lowest BCUT2D eigenvalue weighted by molar-refractivity contribution is 0.305. The fourth-order valence-corrected chi connectivity index (χ4v) is 4.00. The van der Waals surface area contributed by atoms with Gasteiger partial charge in [0, 0.05) is 28.4 Å². The van der Waals surface area contributed by atoms with Crippen molar-refractivity contribution in [1.82, 2.24) is 4.98 Å². The zero-order chi connectivity index (χ0) is 17.6. The lowest BCUT2D eigenvalue weighted by Gasteiger charge is -2.45. The number of nitrogens with zero attached hydrogens (tertiary/aromatic N) is 3. The number of hydrogen-bond donors (Lipinski definition) is 3. The number of rotatable bonds is 1. The van der Waals surface area contributed by atoms with E-state index in [-0.39, 0.29) is 11.4 Å². The smallest absolute Gasteiger partial charge is 0.220 e. The van der Waals surface area contributed by atoms with E-state index in [2.05, 4.69) is 15.0 Å². The number of anilines is 1. The molecule has 0 radical (unpaired) electrons. The van der Waals surface area contributed by atoms with Gasteiger partial charge in [-0.2, -0.15) is 4.99 Å². The van der Waals surface area contributed by atoms with Crippen molar-refractivity contribution in [3.8, 4) is 0 Å². The Morgan fingerprint density at radius 2 is 1.92 bits per heavy atom. The largest absolute Gasteiger partial charge is 0.369 e. The number of benzene rings is 1. The van der Waals surface area contributed by atoms with E-state index in [9.17, 15) is 4.79 Å². The maximum Gasteiger partial charge on any atom is 0.220 e. The Hall–Kier alpha value is -2.83. The van der Waals surface area contributed by atoms with Gasteiger partial charge in [0.25, 0.3) is 0 Å². The van der Waals surface area contributed by atoms with Gasteiger partial charge in [-0.05, 0) is 50.8 Å². The number of aromatic amines is 1. The topological polar surface area (TPSA) is 113 Å². The lowest BCUT2D eigenvalue weighted by atomic mass is 9.87. The Balaban J connectivity index is 1.88. The summed E-state index contributed by atoms with van der Waals surface area (Å²) in [5.74, 6) is 0.558. The molecule has 2 aliphatic rings. The van der Waals surface area contributed by atoms with E-state index in [4.69, 9.17) is 11.5 Å². The summed E-state index contributed by atoms with van der Waals surface area (Å²) in [4.78, 5) is 26.4. The van der Waals surface area contributed by atoms with Crippen LogP contribution < -0.4 is 21.8 Å². The second kappa shape index (κ2) is 5.61. The molecule has 1 aromatic carbocycles. The third-order valence-corrected chi connectivity index (χ3v) is 5.06. The van der Waals surface area contributed by atoms with E-state index in [0.717, 1.165) is 42.6 Å². The summed E-state index contributed by atoms with van der Waals surface area (Å²) in [5.41, 5.74) is 14.1. The van der Waals surface area contributed by atoms with Gasteiger partial charge in [-0.1, -0.05) is 6.42 Å². The van der Waals surface area contributed by atoms with Crippen molar-refractivity contribution >= 4 is 28.5 Å². The molecule has 0 unspecified atom stereocenters. The van der Waals surface area contributed by atoms with Crippen LogP contribution in [0.2, 0.25) is 0 Å². The number of guanidine groups is 2. The molecule has 1 saturated carbocycles. The molecule has 2 heterocycles. The molecule has 0 amide bonds. The van der Waals surface area contributed by atoms with Gasteiger partial charge in [-0.3, -0.25) is 9.69 Å². The van der Waals surface area contributed by atoms with Gasteiger partial charge in [0.15, 0.2) is 5.43 Å². The Bertz CT molecular complexity index is 952. The molecule has 1 aliphatic heterocycles. The number of hydrogen-bond acceptors (Lipinski definition) is 6. The molecular formula is C18H22N6O. The van der Waals surface area contributed by atoms with Crippen LogP contribution in [0, 0.1) is 6.92 Å². The van der Waals surface area contributed by atoms with Crippen molar-refractivity contribution in [3.63, 3.8) is 0 Å². The van der Waals surface area contributed by atoms with Crippen molar-refractivity contribution < 1.29 is 0 Å². The van der Waals surface area contributed by atoms with Crippen LogP contribution in [-0.4, -0.2) is 22.6 Å². The summed E-state index contributed by atoms with van der Waals surface area (Å²) in [6, 6.07) is 7.33. The van der Waals surface area contributed by atoms with Crippen LogP contribution in [0.1, 0.15) is 37.8 Å². The maximum absolute atomic E-state index is 12.4. The fraction of sp³-hybridized carbons (Fsp3) is 0.389. The average molecular weight is 338 g/mol. The number of nitrogens with one attached hydrogen (secondary N) is 1. The molecule has 0 bridgehead atoms. The summed E-state index contributed by atoms with van der Waals surface area (Å²) in [7, 11) is 0. The SMILES string of the molecule is Cc1cc(=O)c2cc(N3C(N)=NC(N)=NC34CCCCC4)ccc2[nH]1. The second-order valence-electron chi connectivity index (χ2n) is 6.87. The molecule has 1 aromatic heterocycles. The van der Waals surface area contributed by atoms with E-state index < -0.39 is 5.66 Å². The van der Waals surface area contributed by atoms with Crippen LogP contribution in [0.15, 0.2) is 39.0 Å². The molecule has 1 fully saturated rings. The van der Waals surface area contributed by atoms with Gasteiger partial charge in [-0.15, -0.1) is 0 Å². The molecule has 1 aliphatic carbocycles. The zero-order valence-corrected chi connectivity index (χ0v) is 14.2. The highest BCUT2D eigenvalue weighted by Crippen LogP contribution is 2.39. The fourth-order valence-electron chi connectivity index (χ4n) is 4.00. The minimum absolute atomic E-state index is 0.0127. The number of aryl methyl sites for hydroxylation is 1. The Morgan fingerprint density at radius 3 is 2.68 bits per heavy atom. The number of fused-ring (bicyclic) bond motifs is 1. The molecule has 1 spiro atoms. The Labute approximate surface area is 145 Å². The van der Waals surface area contributed by atoms with E-state index >= 15 is 0 Å². The van der Waals surface area contributed by atoms with Gasteiger partial charge in [0.05, 0.1) is 0 Å². The summed E-state index contributed by atoms with van der Waals surface area (Å²) >= 11 is 0. The summed E-state index contributed by atoms with van der Waals surface area (Å²) in [5, 5.41) is 0.629. The third kappa shape index (κ3) is 2.56. The summed E-state index contributed by atoms with van der Waals surface area (Å²) in [6.07, 6.45) is 5.04. The summed E-state index contributed by atoms with van der Waals surface area (Å²) in [6.45, 7) is 1.87. The molecule has 0 atom stereocenters. The van der Waals surface area contributed by atoms with E-state index in [1.807, 2.05) is 30.0 Å². The van der Waals surface area contributed by atoms with E-state index in [1.54, 1.807) is 6.07 Å². The normalized spacial score (nSPS) is 19.8. The number of aromatic nitrogens is 1. The highest BCUT2D eigenvalue weighted by molar-refractivity contribution is 6.06. The summed E-state index contributed by atoms with van der Waals surface area (Å²) < 4.78 is 0. The van der Waals surface area contributed by atoms with Crippen LogP contribution in [0.3, 0.4) is 0 Å². The first kappa shape index (κ1) is 15.7. The first-order valence-electron chi connectivity index (χ1n) is 8.62. The molecule has 0 saturated heterocycles. The van der Waals surface area contributed by atoms with Crippen molar-refractivity contribution in [2.24, 2.45) is 21.5 Å². The second-order valence-corrected chi connectivity index (χ2v) is 6.87. The van der Waals surface area contributed by atoms with Crippen LogP contribution in [0.25, 0.3) is 10.9 Å². The van der Waals surface area contributed by atoms with E-state index in [0.29, 0.717) is 11.3 Å². The highest BCUT2D eigenvalue weighted by Gasteiger charge is 2.42. The van der Waals surface area contributed by atoms with Gasteiger partial charge in [0.2, 0.25) is 11.9 Å². The van der Waals surface area contributed by atoms with Crippen LogP contribution in [0.4, 0.5) is 5.69 Å². The quantitative estimate of drug-likeness (QED) is 0.737. The van der Waals surface area contributed by atoms with Gasteiger partial charge in [-0.25, -0.2) is 4.99 Å². The standard InChI is InChI=1S/C18H22N6O/c1-11-9-15(25)13-10-12(5-6-14(13)21-11)24-17(20)22-16(19)23-18(24)7-3-2-4-8-18/h5-6,9-10H,2-4,7-8H2,1H3,(H,21,25)(H4,19,20,22,23). The van der Waals surface area contributed by atoms with Gasteiger partial charge in [0.1, 0.15) is 5.66 Å². The van der Waals surface area contributed by atoms with Gasteiger partial charge < -0.3 is 16.5 Å². The van der Waals surface area contributed by atoms with Crippen molar-refractivity contribution in [2.45, 2.75) is 44.7 Å². The Morgan fingerprint density at radius 1 is 1.16 bits per heavy atom. The number of pyridine rings is 1. The zero-order valence-electron chi connectivity index (χ0n) is 14.2. The lowest BCUT2D eigenvalue weighted by Crippen LogP contribution is -2.58. The molecule has 7 nitrogen and oxygen atoms in total. The van der Waals surface area contributed by atoms with Gasteiger partial charge >= 0.3 is 0 Å². The van der Waals surface area contributed by atoms with Crippen LogP contribution in [-0.2, 0) is 0 Å². The minimum atomic E-state index is -0.501. The monoisotopic (exact) mass is 338 g/mol. The molecule has 7 heteroatoms. The predicted molar refractivity (Wildman–Crippen MR) is 101 cm³/mol. The van der Waals surface area contributed by atoms with E-state index in [1.165, 1.54) is 6.42 Å². The van der Waals surface area contributed by atoms with Crippen LogP contribution >= 0.6 is 0 Å². The molecular weight excluding hydrogens is 316 g/mol. The molecule has 4 rings (SSSR count). The molecule has 130 valence electrons. The number of aliphatic imine (C=N–C) groups is 2. The number of nitrogens with two attached hydrogens (primary N) is 2. The molecule has 25 heavy (non-hydrogen) atoms. The highest BCUT2D eigenvalue weighted by atomic mass is 16.1. The predicted octanol–water partition coefficient (Wildman–Crippen LogP) is 1.95. The Kier molecular flexibility index (Phi) is 3.52. The average Bonchev–Trinajstić information content (AvgIpc) is 2.55. The first-order chi connectivity index (χ1) is 12.0. The van der Waals surface area contributed by atoms with Crippen molar-refractivity contribution in [1.29, 1.82) is 0 Å². The third-order valence-electron chi connectivity index (χ3n) is 5.06. The van der Waals surface area contributed by atoms with Crippen LogP contribution in [0.5, 0.6) is 0 Å².